The molecule has 40 heavy (non-hydrogen) atoms. The van der Waals surface area contributed by atoms with E-state index in [2.05, 4.69) is 25.6 Å². The van der Waals surface area contributed by atoms with Gasteiger partial charge in [0.25, 0.3) is 11.8 Å². The van der Waals surface area contributed by atoms with Crippen LogP contribution in [0.5, 0.6) is 0 Å². The smallest absolute Gasteiger partial charge is 0.276 e. The van der Waals surface area contributed by atoms with Crippen LogP contribution >= 0.6 is 23.1 Å². The minimum absolute atomic E-state index is 0.104. The lowest BCUT2D eigenvalue weighted by Crippen LogP contribution is -2.71. The number of carboxylic acid groups (broad SMARTS) is 1. The van der Waals surface area contributed by atoms with E-state index in [1.54, 1.807) is 29.1 Å². The Morgan fingerprint density at radius 2 is 2.10 bits per heavy atom. The summed E-state index contributed by atoms with van der Waals surface area (Å²) >= 11 is 2.46. The molecule has 14 nitrogen and oxygen atoms in total. The number of nitrogens with one attached hydrogen (secondary N) is 1. The van der Waals surface area contributed by atoms with Crippen LogP contribution in [0.2, 0.25) is 0 Å². The molecule has 0 spiro atoms. The molecular weight excluding hydrogens is 560 g/mol. The van der Waals surface area contributed by atoms with Crippen LogP contribution in [-0.2, 0) is 25.8 Å². The van der Waals surface area contributed by atoms with Crippen molar-refractivity contribution in [3.63, 3.8) is 0 Å². The van der Waals surface area contributed by atoms with Crippen LogP contribution in [0.1, 0.15) is 31.4 Å². The second-order valence-electron chi connectivity index (χ2n) is 9.16. The Labute approximate surface area is 235 Å². The van der Waals surface area contributed by atoms with Gasteiger partial charge in [0.1, 0.15) is 24.2 Å². The number of aromatic nitrogens is 4. The van der Waals surface area contributed by atoms with Crippen molar-refractivity contribution in [2.45, 2.75) is 37.7 Å². The quantitative estimate of drug-likeness (QED) is 0.144. The molecule has 2 aliphatic heterocycles. The third-order valence-corrected chi connectivity index (χ3v) is 8.16. The molecule has 5 heterocycles. The molecule has 5 rings (SSSR count). The first-order valence-corrected chi connectivity index (χ1v) is 13.9. The Bertz CT molecular complexity index is 1530. The summed E-state index contributed by atoms with van der Waals surface area (Å²) < 4.78 is 7.04. The molecule has 1 fully saturated rings. The van der Waals surface area contributed by atoms with Crippen molar-refractivity contribution in [1.29, 1.82) is 0 Å². The van der Waals surface area contributed by atoms with Crippen molar-refractivity contribution in [2.24, 2.45) is 5.16 Å². The van der Waals surface area contributed by atoms with Gasteiger partial charge in [0.15, 0.2) is 29.8 Å². The van der Waals surface area contributed by atoms with E-state index < -0.39 is 29.2 Å². The molecule has 3 aromatic rings. The third kappa shape index (κ3) is 5.14. The molecule has 1 saturated heterocycles. The highest BCUT2D eigenvalue weighted by Gasteiger charge is 2.53. The predicted molar refractivity (Wildman–Crippen MR) is 141 cm³/mol. The average molecular weight is 585 g/mol. The van der Waals surface area contributed by atoms with E-state index in [0.717, 1.165) is 21.8 Å². The number of thioether (sulfide) groups is 1. The van der Waals surface area contributed by atoms with Crippen LogP contribution in [-0.4, -0.2) is 67.8 Å². The Kier molecular flexibility index (Phi) is 7.53. The number of carboxylic acids is 1. The summed E-state index contributed by atoms with van der Waals surface area (Å²) in [5, 5.41) is 23.6. The second kappa shape index (κ2) is 11.1. The molecule has 0 aromatic carbocycles. The van der Waals surface area contributed by atoms with Gasteiger partial charge in [-0.15, -0.1) is 23.1 Å². The minimum atomic E-state index is -1.47. The number of nitrogens with zero attached hydrogens (tertiary/aromatic N) is 6. The van der Waals surface area contributed by atoms with Crippen LogP contribution in [0.4, 0.5) is 5.13 Å². The first-order chi connectivity index (χ1) is 19.2. The van der Waals surface area contributed by atoms with Gasteiger partial charge in [-0.2, -0.15) is 4.98 Å². The molecule has 0 aliphatic carbocycles. The Balaban J connectivity index is 1.31. The number of nitrogens with two attached hydrogens (primary N) is 1. The molecule has 16 heteroatoms. The molecule has 0 unspecified atom stereocenters. The molecule has 208 valence electrons. The number of anilines is 1. The van der Waals surface area contributed by atoms with E-state index in [1.807, 2.05) is 13.8 Å². The molecular formula is C24H24N8O6S2. The number of β-lactam (4-membered cyclic amide) rings is 1. The Morgan fingerprint density at radius 1 is 1.35 bits per heavy atom. The Hall–Kier alpha value is -4.31. The lowest BCUT2D eigenvalue weighted by molar-refractivity contribution is -0.689. The highest BCUT2D eigenvalue weighted by atomic mass is 32.2. The summed E-state index contributed by atoms with van der Waals surface area (Å²) in [6.07, 6.45) is 3.53. The van der Waals surface area contributed by atoms with E-state index in [-0.39, 0.29) is 34.7 Å². The molecule has 2 aliphatic rings. The number of carbonyl (C=O) groups is 3. The topological polar surface area (TPSA) is 193 Å². The number of hydrogen-bond acceptors (Lipinski definition) is 13. The van der Waals surface area contributed by atoms with E-state index in [1.165, 1.54) is 24.3 Å². The lowest BCUT2D eigenvalue weighted by Gasteiger charge is -2.50. The van der Waals surface area contributed by atoms with Gasteiger partial charge in [0, 0.05) is 40.3 Å². The summed E-state index contributed by atoms with van der Waals surface area (Å²) in [6, 6.07) is 2.62. The summed E-state index contributed by atoms with van der Waals surface area (Å²) in [5.74, 6) is -1.34. The number of amides is 2. The van der Waals surface area contributed by atoms with Crippen LogP contribution in [0.25, 0.3) is 11.4 Å². The molecule has 0 bridgehead atoms. The minimum Gasteiger partial charge on any atom is -0.543 e. The number of nitrogen functional groups attached to an aromatic ring is 1. The number of carbonyl (C=O) groups excluding carboxylic acids is 3. The molecule has 2 atom stereocenters. The molecule has 3 N–H and O–H groups in total. The average Bonchev–Trinajstić information content (AvgIpc) is 3.60. The summed E-state index contributed by atoms with van der Waals surface area (Å²) in [6.45, 7) is 4.12. The van der Waals surface area contributed by atoms with Gasteiger partial charge in [0.05, 0.1) is 11.7 Å². The largest absolute Gasteiger partial charge is 0.543 e. The van der Waals surface area contributed by atoms with Crippen molar-refractivity contribution in [1.82, 2.24) is 25.3 Å². The highest BCUT2D eigenvalue weighted by molar-refractivity contribution is 8.00. The number of fused-ring (bicyclic) bond motifs is 1. The maximum absolute atomic E-state index is 13.1. The SMILES string of the molecule is CO/N=C(\C(=O)N[C@@H]1C(=O)N2C(C(=O)[O-])=C(C[n+]3ccc(-c4noc(C(C)C)n4)cc3)CS[C@H]12)c1csc(N)n1. The van der Waals surface area contributed by atoms with Crippen molar-refractivity contribution in [2.75, 3.05) is 18.6 Å². The number of thiazole rings is 1. The lowest BCUT2D eigenvalue weighted by atomic mass is 10.0. The van der Waals surface area contributed by atoms with Gasteiger partial charge in [-0.1, -0.05) is 24.2 Å². The van der Waals surface area contributed by atoms with Gasteiger partial charge in [-0.25, -0.2) is 9.55 Å². The second-order valence-corrected chi connectivity index (χ2v) is 11.2. The Morgan fingerprint density at radius 3 is 2.70 bits per heavy atom. The van der Waals surface area contributed by atoms with Crippen LogP contribution < -0.4 is 20.7 Å². The fourth-order valence-electron chi connectivity index (χ4n) is 4.21. The van der Waals surface area contributed by atoms with Gasteiger partial charge in [-0.3, -0.25) is 14.5 Å². The fourth-order valence-corrected chi connectivity index (χ4v) is 6.10. The summed E-state index contributed by atoms with van der Waals surface area (Å²) in [4.78, 5) is 52.4. The summed E-state index contributed by atoms with van der Waals surface area (Å²) in [5.41, 5.74) is 6.74. The number of oxime groups is 1. The standard InChI is InChI=1S/C24H24N8O6S2/c1-11(2)20-28-18(30-38-20)12-4-6-31(7-5-12)8-13-9-39-22-16(21(34)32(22)17(13)23(35)36)27-19(33)15(29-37-3)14-10-40-24(25)26-14/h4-7,10-11,16,22H,8-9H2,1-3H3,(H3-,25,26,27,33,35,36)/b29-15-/t16-,22-/m1/s1. The molecule has 0 radical (unpaired) electrons. The zero-order chi connectivity index (χ0) is 28.6. The summed E-state index contributed by atoms with van der Waals surface area (Å²) in [7, 11) is 1.27. The van der Waals surface area contributed by atoms with Crippen LogP contribution in [0.3, 0.4) is 0 Å². The van der Waals surface area contributed by atoms with Crippen LogP contribution in [0, 0.1) is 0 Å². The van der Waals surface area contributed by atoms with Crippen molar-refractivity contribution in [3.05, 3.63) is 52.8 Å². The number of pyridine rings is 1. The number of aliphatic carboxylic acids is 1. The van der Waals surface area contributed by atoms with Crippen molar-refractivity contribution in [3.8, 4) is 11.4 Å². The third-order valence-electron chi connectivity index (χ3n) is 6.15. The first-order valence-electron chi connectivity index (χ1n) is 12.0. The monoisotopic (exact) mass is 584 g/mol. The highest BCUT2D eigenvalue weighted by Crippen LogP contribution is 2.40. The molecule has 2 amide bonds. The molecule has 0 saturated carbocycles. The van der Waals surface area contributed by atoms with Gasteiger partial charge >= 0.3 is 0 Å². The zero-order valence-electron chi connectivity index (χ0n) is 21.6. The zero-order valence-corrected chi connectivity index (χ0v) is 23.2. The maximum Gasteiger partial charge on any atom is 0.276 e. The van der Waals surface area contributed by atoms with E-state index in [9.17, 15) is 19.5 Å². The van der Waals surface area contributed by atoms with E-state index in [4.69, 9.17) is 15.1 Å². The van der Waals surface area contributed by atoms with Gasteiger partial charge < -0.3 is 30.3 Å². The number of rotatable bonds is 9. The van der Waals surface area contributed by atoms with Gasteiger partial charge in [0.2, 0.25) is 11.7 Å². The van der Waals surface area contributed by atoms with Gasteiger partial charge in [-0.05, 0) is 0 Å². The fraction of sp³-hybridized carbons (Fsp3) is 0.333. The predicted octanol–water partition coefficient (Wildman–Crippen LogP) is -0.359. The van der Waals surface area contributed by atoms with E-state index >= 15 is 0 Å². The van der Waals surface area contributed by atoms with Crippen LogP contribution in [0.15, 0.2) is 50.9 Å². The maximum atomic E-state index is 13.1. The van der Waals surface area contributed by atoms with E-state index in [0.29, 0.717) is 23.0 Å². The normalized spacial score (nSPS) is 18.9. The van der Waals surface area contributed by atoms with Crippen molar-refractivity contribution < 1.29 is 33.4 Å². The molecule has 3 aromatic heterocycles. The first kappa shape index (κ1) is 27.3. The number of hydrogen-bond donors (Lipinski definition) is 2. The van der Waals surface area contributed by atoms with Crippen molar-refractivity contribution >= 4 is 51.7 Å².